The van der Waals surface area contributed by atoms with Gasteiger partial charge < -0.3 is 19.9 Å². The Hall–Kier alpha value is -3.28. The van der Waals surface area contributed by atoms with Crippen molar-refractivity contribution in [1.29, 1.82) is 5.26 Å². The molecule has 30 heavy (non-hydrogen) atoms. The Morgan fingerprint density at radius 2 is 1.80 bits per heavy atom. The lowest BCUT2D eigenvalue weighted by Gasteiger charge is -2.28. The van der Waals surface area contributed by atoms with Crippen LogP contribution in [0.2, 0.25) is 0 Å². The van der Waals surface area contributed by atoms with E-state index in [-0.39, 0.29) is 0 Å². The molecule has 1 saturated heterocycles. The molecule has 0 saturated carbocycles. The Kier molecular flexibility index (Phi) is 4.91. The highest BCUT2D eigenvalue weighted by Crippen LogP contribution is 2.33. The molecule has 0 bridgehead atoms. The van der Waals surface area contributed by atoms with Gasteiger partial charge in [0.2, 0.25) is 0 Å². The molecule has 1 aliphatic heterocycles. The minimum absolute atomic E-state index is 0.505. The van der Waals surface area contributed by atoms with Gasteiger partial charge in [-0.2, -0.15) is 14.9 Å². The predicted molar refractivity (Wildman–Crippen MR) is 120 cm³/mol. The number of nitrogens with one attached hydrogen (secondary N) is 2. The number of aromatic nitrogens is 3. The van der Waals surface area contributed by atoms with Crippen LogP contribution in [0.5, 0.6) is 0 Å². The largest absolute Gasteiger partial charge is 0.378 e. The molecule has 0 aliphatic carbocycles. The molecule has 8 heteroatoms. The molecular weight excluding hydrogens is 444 g/mol. The second kappa shape index (κ2) is 7.86. The van der Waals surface area contributed by atoms with Gasteiger partial charge in [-0.15, -0.1) is 0 Å². The average molecular weight is 463 g/mol. The van der Waals surface area contributed by atoms with Crippen molar-refractivity contribution in [1.82, 2.24) is 14.6 Å². The van der Waals surface area contributed by atoms with E-state index in [1.165, 1.54) is 5.69 Å². The van der Waals surface area contributed by atoms with Crippen LogP contribution >= 0.6 is 15.9 Å². The Balaban J connectivity index is 1.55. The molecule has 1 fully saturated rings. The Labute approximate surface area is 182 Å². The summed E-state index contributed by atoms with van der Waals surface area (Å²) in [5, 5.41) is 17.3. The number of rotatable bonds is 4. The molecule has 0 amide bonds. The summed E-state index contributed by atoms with van der Waals surface area (Å²) in [5.74, 6) is 0.785. The number of H-pyrrole nitrogens is 1. The molecular formula is C22H19BrN6O. The molecule has 4 aromatic rings. The molecule has 0 atom stereocenters. The van der Waals surface area contributed by atoms with Gasteiger partial charge in [0.25, 0.3) is 0 Å². The summed E-state index contributed by atoms with van der Waals surface area (Å²) < 4.78 is 8.20. The molecule has 1 aliphatic rings. The number of imidazole rings is 1. The van der Waals surface area contributed by atoms with Crippen LogP contribution in [0.15, 0.2) is 59.2 Å². The van der Waals surface area contributed by atoms with E-state index in [1.54, 1.807) is 10.7 Å². The van der Waals surface area contributed by atoms with Crippen molar-refractivity contribution in [3.63, 3.8) is 0 Å². The molecule has 7 nitrogen and oxygen atoms in total. The standard InChI is InChI=1S/C22H19BrN6O/c23-17-3-5-18(6-4-17)26-22-20(27-21-16(13-24)14-25-29(21)22)15-1-7-19(8-2-15)28-9-11-30-12-10-28/h1-8,14,26-27H,9-12H2. The lowest BCUT2D eigenvalue weighted by molar-refractivity contribution is 0.122. The van der Waals surface area contributed by atoms with Crippen molar-refractivity contribution in [2.24, 2.45) is 0 Å². The van der Waals surface area contributed by atoms with Crippen LogP contribution in [-0.2, 0) is 4.74 Å². The lowest BCUT2D eigenvalue weighted by Crippen LogP contribution is -2.36. The van der Waals surface area contributed by atoms with Crippen LogP contribution < -0.4 is 10.2 Å². The van der Waals surface area contributed by atoms with Crippen LogP contribution in [0.1, 0.15) is 5.56 Å². The number of hydrogen-bond donors (Lipinski definition) is 2. The second-order valence-corrected chi connectivity index (χ2v) is 7.97. The summed E-state index contributed by atoms with van der Waals surface area (Å²) in [6.45, 7) is 3.32. The monoisotopic (exact) mass is 462 g/mol. The number of nitrogens with zero attached hydrogens (tertiary/aromatic N) is 4. The Morgan fingerprint density at radius 3 is 2.50 bits per heavy atom. The highest BCUT2D eigenvalue weighted by molar-refractivity contribution is 9.10. The topological polar surface area (TPSA) is 81.4 Å². The molecule has 2 N–H and O–H groups in total. The van der Waals surface area contributed by atoms with Gasteiger partial charge in [-0.25, -0.2) is 0 Å². The van der Waals surface area contributed by atoms with E-state index < -0.39 is 0 Å². The van der Waals surface area contributed by atoms with Crippen LogP contribution in [0, 0.1) is 11.3 Å². The predicted octanol–water partition coefficient (Wildman–Crippen LogP) is 4.54. The third-order valence-corrected chi connectivity index (χ3v) is 5.75. The van der Waals surface area contributed by atoms with E-state index in [0.717, 1.165) is 53.5 Å². The van der Waals surface area contributed by atoms with E-state index in [2.05, 4.69) is 66.6 Å². The van der Waals surface area contributed by atoms with Gasteiger partial charge in [0, 0.05) is 34.5 Å². The molecule has 150 valence electrons. The van der Waals surface area contributed by atoms with Crippen molar-refractivity contribution in [2.75, 3.05) is 36.5 Å². The van der Waals surface area contributed by atoms with Crippen LogP contribution in [0.3, 0.4) is 0 Å². The van der Waals surface area contributed by atoms with Gasteiger partial charge >= 0.3 is 0 Å². The van der Waals surface area contributed by atoms with Crippen molar-refractivity contribution >= 4 is 38.8 Å². The summed E-state index contributed by atoms with van der Waals surface area (Å²) in [7, 11) is 0. The second-order valence-electron chi connectivity index (χ2n) is 7.06. The number of anilines is 3. The SMILES string of the molecule is N#Cc1cnn2c(Nc3ccc(Br)cc3)c(-c3ccc(N4CCOCC4)cc3)[nH]c12. The maximum Gasteiger partial charge on any atom is 0.158 e. The maximum atomic E-state index is 9.43. The zero-order chi connectivity index (χ0) is 20.5. The molecule has 3 heterocycles. The van der Waals surface area contributed by atoms with Gasteiger partial charge in [0.1, 0.15) is 11.6 Å². The van der Waals surface area contributed by atoms with Crippen molar-refractivity contribution in [3.05, 3.63) is 64.8 Å². The zero-order valence-electron chi connectivity index (χ0n) is 16.1. The minimum atomic E-state index is 0.505. The van der Waals surface area contributed by atoms with Gasteiger partial charge in [0.05, 0.1) is 25.1 Å². The Bertz CT molecular complexity index is 1210. The molecule has 0 spiro atoms. The van der Waals surface area contributed by atoms with E-state index in [9.17, 15) is 5.26 Å². The number of ether oxygens (including phenoxy) is 1. The summed E-state index contributed by atoms with van der Waals surface area (Å²) in [5.41, 5.74) is 5.18. The smallest absolute Gasteiger partial charge is 0.158 e. The van der Waals surface area contributed by atoms with Gasteiger partial charge in [-0.1, -0.05) is 28.1 Å². The first-order valence-corrected chi connectivity index (χ1v) is 10.5. The number of hydrogen-bond acceptors (Lipinski definition) is 5. The highest BCUT2D eigenvalue weighted by atomic mass is 79.9. The minimum Gasteiger partial charge on any atom is -0.378 e. The number of benzene rings is 2. The average Bonchev–Trinajstić information content (AvgIpc) is 3.36. The van der Waals surface area contributed by atoms with E-state index >= 15 is 0 Å². The third-order valence-electron chi connectivity index (χ3n) is 5.22. The van der Waals surface area contributed by atoms with E-state index in [0.29, 0.717) is 11.2 Å². The highest BCUT2D eigenvalue weighted by Gasteiger charge is 2.18. The normalized spacial score (nSPS) is 14.1. The van der Waals surface area contributed by atoms with Crippen molar-refractivity contribution in [2.45, 2.75) is 0 Å². The van der Waals surface area contributed by atoms with Crippen LogP contribution in [-0.4, -0.2) is 40.9 Å². The van der Waals surface area contributed by atoms with Gasteiger partial charge in [0.15, 0.2) is 11.5 Å². The van der Waals surface area contributed by atoms with E-state index in [1.807, 2.05) is 24.3 Å². The molecule has 2 aromatic heterocycles. The third kappa shape index (κ3) is 3.43. The van der Waals surface area contributed by atoms with Crippen LogP contribution in [0.25, 0.3) is 16.9 Å². The Morgan fingerprint density at radius 1 is 1.07 bits per heavy atom. The first-order chi connectivity index (χ1) is 14.7. The van der Waals surface area contributed by atoms with Crippen LogP contribution in [0.4, 0.5) is 17.2 Å². The lowest BCUT2D eigenvalue weighted by atomic mass is 10.1. The summed E-state index contributed by atoms with van der Waals surface area (Å²) >= 11 is 3.47. The van der Waals surface area contributed by atoms with E-state index in [4.69, 9.17) is 4.74 Å². The summed E-state index contributed by atoms with van der Waals surface area (Å²) in [6.07, 6.45) is 1.57. The first kappa shape index (κ1) is 18.7. The number of aromatic amines is 1. The van der Waals surface area contributed by atoms with Gasteiger partial charge in [-0.3, -0.25) is 0 Å². The number of nitriles is 1. The van der Waals surface area contributed by atoms with Crippen molar-refractivity contribution in [3.8, 4) is 17.3 Å². The number of halogens is 1. The molecule has 5 rings (SSSR count). The molecule has 0 radical (unpaired) electrons. The number of morpholine rings is 1. The fourth-order valence-corrected chi connectivity index (χ4v) is 3.92. The van der Waals surface area contributed by atoms with Gasteiger partial charge in [-0.05, 0) is 36.4 Å². The summed E-state index contributed by atoms with van der Waals surface area (Å²) in [4.78, 5) is 5.71. The zero-order valence-corrected chi connectivity index (χ0v) is 17.7. The molecule has 0 unspecified atom stereocenters. The molecule has 2 aromatic carbocycles. The van der Waals surface area contributed by atoms with Crippen molar-refractivity contribution < 1.29 is 4.74 Å². The fraction of sp³-hybridized carbons (Fsp3) is 0.182. The maximum absolute atomic E-state index is 9.43. The first-order valence-electron chi connectivity index (χ1n) is 9.68. The summed E-state index contributed by atoms with van der Waals surface area (Å²) in [6, 6.07) is 18.6. The fourth-order valence-electron chi connectivity index (χ4n) is 3.66. The quantitative estimate of drug-likeness (QED) is 0.465. The number of fused-ring (bicyclic) bond motifs is 1.